The molecular weight excluding hydrogens is 380 g/mol. The van der Waals surface area contributed by atoms with E-state index in [9.17, 15) is 13.2 Å². The number of hydrogen-bond acceptors (Lipinski definition) is 5. The van der Waals surface area contributed by atoms with Crippen LogP contribution in [0.1, 0.15) is 18.1 Å². The van der Waals surface area contributed by atoms with Gasteiger partial charge in [0.1, 0.15) is 18.4 Å². The van der Waals surface area contributed by atoms with Crippen molar-refractivity contribution in [2.45, 2.75) is 31.2 Å². The molecule has 0 aliphatic rings. The number of carboxylic acid groups (broad SMARTS) is 1. The number of sulfonamides is 1. The van der Waals surface area contributed by atoms with Crippen LogP contribution in [0.2, 0.25) is 0 Å². The van der Waals surface area contributed by atoms with Gasteiger partial charge in [-0.1, -0.05) is 29.8 Å². The van der Waals surface area contributed by atoms with Crippen molar-refractivity contribution in [2.24, 2.45) is 0 Å². The Morgan fingerprint density at radius 2 is 1.86 bits per heavy atom. The maximum Gasteiger partial charge on any atom is 0.320 e. The van der Waals surface area contributed by atoms with Crippen LogP contribution in [0.5, 0.6) is 5.75 Å². The molecule has 0 unspecified atom stereocenters. The van der Waals surface area contributed by atoms with Gasteiger partial charge >= 0.3 is 5.97 Å². The molecule has 0 aromatic heterocycles. The van der Waals surface area contributed by atoms with Crippen LogP contribution < -0.4 is 14.8 Å². The third-order valence-corrected chi connectivity index (χ3v) is 5.60. The van der Waals surface area contributed by atoms with Gasteiger partial charge in [-0.25, -0.2) is 13.1 Å². The Morgan fingerprint density at radius 1 is 1.14 bits per heavy atom. The van der Waals surface area contributed by atoms with E-state index in [4.69, 9.17) is 9.84 Å². The van der Waals surface area contributed by atoms with E-state index in [2.05, 4.69) is 10.0 Å². The maximum absolute atomic E-state index is 12.3. The van der Waals surface area contributed by atoms with Crippen LogP contribution in [0.4, 0.5) is 0 Å². The summed E-state index contributed by atoms with van der Waals surface area (Å²) in [5.74, 6) is -0.251. The molecule has 2 aromatic rings. The zero-order valence-corrected chi connectivity index (χ0v) is 16.8. The van der Waals surface area contributed by atoms with Crippen LogP contribution in [0.15, 0.2) is 53.4 Å². The lowest BCUT2D eigenvalue weighted by Crippen LogP contribution is -2.36. The van der Waals surface area contributed by atoms with Crippen LogP contribution in [-0.4, -0.2) is 45.2 Å². The topological polar surface area (TPSA) is 105 Å². The van der Waals surface area contributed by atoms with Crippen molar-refractivity contribution >= 4 is 16.0 Å². The number of nitrogens with one attached hydrogen (secondary N) is 2. The Hall–Kier alpha value is -2.42. The number of aliphatic carboxylic acids is 1. The molecule has 0 fully saturated rings. The van der Waals surface area contributed by atoms with Crippen LogP contribution in [0.25, 0.3) is 0 Å². The van der Waals surface area contributed by atoms with Crippen molar-refractivity contribution in [2.75, 3.05) is 19.7 Å². The van der Waals surface area contributed by atoms with Gasteiger partial charge in [-0.2, -0.15) is 0 Å². The van der Waals surface area contributed by atoms with Gasteiger partial charge in [-0.15, -0.1) is 0 Å². The maximum atomic E-state index is 12.3. The van der Waals surface area contributed by atoms with Crippen molar-refractivity contribution in [1.29, 1.82) is 0 Å². The SMILES string of the molecule is Cc1ccc(S(=O)(=O)NCCc2cccc(OCCN[C@@H](C)C(=O)O)c2)cc1. The molecular formula is C20H26N2O5S. The molecule has 0 radical (unpaired) electrons. The summed E-state index contributed by atoms with van der Waals surface area (Å²) >= 11 is 0. The molecule has 0 spiro atoms. The van der Waals surface area contributed by atoms with Gasteiger partial charge in [0.05, 0.1) is 4.90 Å². The molecule has 3 N–H and O–H groups in total. The molecule has 152 valence electrons. The van der Waals surface area contributed by atoms with Crippen LogP contribution >= 0.6 is 0 Å². The van der Waals surface area contributed by atoms with E-state index in [0.29, 0.717) is 25.3 Å². The number of carbonyl (C=O) groups is 1. The second-order valence-electron chi connectivity index (χ2n) is 6.47. The minimum Gasteiger partial charge on any atom is -0.492 e. The number of ether oxygens (including phenoxy) is 1. The van der Waals surface area contributed by atoms with Crippen LogP contribution in [-0.2, 0) is 21.2 Å². The van der Waals surface area contributed by atoms with Gasteiger partial charge in [0.15, 0.2) is 0 Å². The highest BCUT2D eigenvalue weighted by Crippen LogP contribution is 2.14. The molecule has 0 aliphatic carbocycles. The summed E-state index contributed by atoms with van der Waals surface area (Å²) in [6.07, 6.45) is 0.524. The molecule has 2 aromatic carbocycles. The Kier molecular flexibility index (Phi) is 7.98. The Balaban J connectivity index is 1.81. The fourth-order valence-electron chi connectivity index (χ4n) is 2.45. The van der Waals surface area contributed by atoms with E-state index in [1.54, 1.807) is 37.3 Å². The van der Waals surface area contributed by atoms with Crippen molar-refractivity contribution in [3.63, 3.8) is 0 Å². The van der Waals surface area contributed by atoms with Gasteiger partial charge in [-0.3, -0.25) is 4.79 Å². The molecule has 2 rings (SSSR count). The lowest BCUT2D eigenvalue weighted by Gasteiger charge is -2.11. The first-order valence-corrected chi connectivity index (χ1v) is 10.5. The molecule has 7 nitrogen and oxygen atoms in total. The van der Waals surface area contributed by atoms with Crippen molar-refractivity contribution < 1.29 is 23.1 Å². The second-order valence-corrected chi connectivity index (χ2v) is 8.24. The molecule has 0 heterocycles. The smallest absolute Gasteiger partial charge is 0.320 e. The molecule has 28 heavy (non-hydrogen) atoms. The van der Waals surface area contributed by atoms with Crippen molar-refractivity contribution in [1.82, 2.24) is 10.0 Å². The standard InChI is InChI=1S/C20H26N2O5S/c1-15-6-8-19(9-7-15)28(25,26)22-11-10-17-4-3-5-18(14-17)27-13-12-21-16(2)20(23)24/h3-9,14,16,21-22H,10-13H2,1-2H3,(H,23,24)/t16-/m0/s1. The number of benzene rings is 2. The highest BCUT2D eigenvalue weighted by molar-refractivity contribution is 7.89. The average molecular weight is 407 g/mol. The quantitative estimate of drug-likeness (QED) is 0.493. The molecule has 0 saturated heterocycles. The van der Waals surface area contributed by atoms with Crippen molar-refractivity contribution in [3.8, 4) is 5.75 Å². The first-order valence-electron chi connectivity index (χ1n) is 9.02. The predicted octanol–water partition coefficient (Wildman–Crippen LogP) is 1.96. The first-order chi connectivity index (χ1) is 13.3. The fraction of sp³-hybridized carbons (Fsp3) is 0.350. The number of carboxylic acids is 1. The molecule has 0 aliphatic heterocycles. The van der Waals surface area contributed by atoms with E-state index in [0.717, 1.165) is 11.1 Å². The molecule has 0 amide bonds. The third-order valence-electron chi connectivity index (χ3n) is 4.13. The van der Waals surface area contributed by atoms with Gasteiger partial charge in [0.25, 0.3) is 0 Å². The van der Waals surface area contributed by atoms with E-state index in [1.807, 2.05) is 25.1 Å². The average Bonchev–Trinajstić information content (AvgIpc) is 2.65. The van der Waals surface area contributed by atoms with Gasteiger partial charge < -0.3 is 15.2 Å². The lowest BCUT2D eigenvalue weighted by atomic mass is 10.1. The minimum atomic E-state index is -3.53. The molecule has 1 atom stereocenters. The fourth-order valence-corrected chi connectivity index (χ4v) is 3.48. The number of rotatable bonds is 11. The van der Waals surface area contributed by atoms with Gasteiger partial charge in [0.2, 0.25) is 10.0 Å². The molecule has 0 bridgehead atoms. The lowest BCUT2D eigenvalue weighted by molar-refractivity contribution is -0.139. The van der Waals surface area contributed by atoms with Gasteiger partial charge in [0, 0.05) is 13.1 Å². The van der Waals surface area contributed by atoms with Crippen molar-refractivity contribution in [3.05, 3.63) is 59.7 Å². The van der Waals surface area contributed by atoms with Crippen LogP contribution in [0, 0.1) is 6.92 Å². The van der Waals surface area contributed by atoms with Crippen LogP contribution in [0.3, 0.4) is 0 Å². The summed E-state index contributed by atoms with van der Waals surface area (Å²) < 4.78 is 32.8. The Morgan fingerprint density at radius 3 is 2.54 bits per heavy atom. The van der Waals surface area contributed by atoms with E-state index in [-0.39, 0.29) is 11.4 Å². The largest absolute Gasteiger partial charge is 0.492 e. The highest BCUT2D eigenvalue weighted by Gasteiger charge is 2.13. The first kappa shape index (κ1) is 21.9. The Bertz CT molecular complexity index is 882. The highest BCUT2D eigenvalue weighted by atomic mass is 32.2. The van der Waals surface area contributed by atoms with E-state index < -0.39 is 22.0 Å². The van der Waals surface area contributed by atoms with Gasteiger partial charge in [-0.05, 0) is 50.1 Å². The zero-order chi connectivity index (χ0) is 20.6. The summed E-state index contributed by atoms with van der Waals surface area (Å²) in [5, 5.41) is 11.6. The van der Waals surface area contributed by atoms with E-state index in [1.165, 1.54) is 0 Å². The number of aryl methyl sites for hydroxylation is 1. The monoisotopic (exact) mass is 406 g/mol. The summed E-state index contributed by atoms with van der Waals surface area (Å²) in [7, 11) is -3.53. The zero-order valence-electron chi connectivity index (χ0n) is 16.0. The minimum absolute atomic E-state index is 0.248. The third kappa shape index (κ3) is 6.95. The predicted molar refractivity (Wildman–Crippen MR) is 107 cm³/mol. The normalized spacial score (nSPS) is 12.5. The second kappa shape index (κ2) is 10.2. The summed E-state index contributed by atoms with van der Waals surface area (Å²) in [5.41, 5.74) is 1.94. The number of hydrogen-bond donors (Lipinski definition) is 3. The summed E-state index contributed by atoms with van der Waals surface area (Å²) in [6, 6.07) is 13.5. The summed E-state index contributed by atoms with van der Waals surface area (Å²) in [6.45, 7) is 4.49. The molecule has 0 saturated carbocycles. The van der Waals surface area contributed by atoms with E-state index >= 15 is 0 Å². The summed E-state index contributed by atoms with van der Waals surface area (Å²) in [4.78, 5) is 11.0. The Labute approximate surface area is 165 Å². The molecule has 8 heteroatoms.